The van der Waals surface area contributed by atoms with Gasteiger partial charge in [0.05, 0.1) is 18.1 Å². The Morgan fingerprint density at radius 1 is 1.10 bits per heavy atom. The van der Waals surface area contributed by atoms with Crippen LogP contribution in [0.2, 0.25) is 0 Å². The monoisotopic (exact) mass is 585 g/mol. The Morgan fingerprint density at radius 3 is 2.55 bits per heavy atom. The van der Waals surface area contributed by atoms with Gasteiger partial charge in [-0.25, -0.2) is 13.8 Å². The Balaban J connectivity index is 1.11. The molecule has 0 amide bonds. The van der Waals surface area contributed by atoms with Crippen LogP contribution in [0.25, 0.3) is 11.1 Å². The lowest BCUT2D eigenvalue weighted by atomic mass is 9.74. The quantitative estimate of drug-likeness (QED) is 0.293. The highest BCUT2D eigenvalue weighted by molar-refractivity contribution is 5.79. The van der Waals surface area contributed by atoms with E-state index >= 15 is 4.39 Å². The molecule has 0 radical (unpaired) electrons. The van der Waals surface area contributed by atoms with Gasteiger partial charge in [-0.2, -0.15) is 13.2 Å². The zero-order chi connectivity index (χ0) is 29.4. The molecule has 7 rings (SSSR count). The Labute approximate surface area is 238 Å². The van der Waals surface area contributed by atoms with Crippen LogP contribution in [0.3, 0.4) is 0 Å². The molecule has 220 valence electrons. The predicted octanol–water partition coefficient (Wildman–Crippen LogP) is 5.48. The van der Waals surface area contributed by atoms with Gasteiger partial charge in [-0.1, -0.05) is 0 Å². The Bertz CT molecular complexity index is 1580. The van der Waals surface area contributed by atoms with E-state index in [4.69, 9.17) is 9.47 Å². The molecule has 1 N–H and O–H groups in total. The van der Waals surface area contributed by atoms with Crippen molar-refractivity contribution in [2.24, 2.45) is 17.3 Å². The number of hydrogen-bond acceptors (Lipinski definition) is 6. The van der Waals surface area contributed by atoms with Crippen LogP contribution < -0.4 is 15.0 Å². The summed E-state index contributed by atoms with van der Waals surface area (Å²) in [5.74, 6) is -1.89. The summed E-state index contributed by atoms with van der Waals surface area (Å²) in [6.07, 6.45) is -2.61. The van der Waals surface area contributed by atoms with E-state index in [0.29, 0.717) is 24.8 Å². The summed E-state index contributed by atoms with van der Waals surface area (Å²) < 4.78 is 82.9. The number of ether oxygens (including phenoxy) is 2. The summed E-state index contributed by atoms with van der Waals surface area (Å²) >= 11 is 0. The lowest BCUT2D eigenvalue weighted by Gasteiger charge is -2.57. The maximum atomic E-state index is 15.3. The molecule has 1 aromatic heterocycles. The third kappa shape index (κ3) is 4.49. The zero-order valence-corrected chi connectivity index (χ0v) is 22.7. The number of benzene rings is 2. The van der Waals surface area contributed by atoms with Crippen LogP contribution in [0.4, 0.5) is 27.6 Å². The van der Waals surface area contributed by atoms with Crippen molar-refractivity contribution >= 4 is 11.7 Å². The number of hydrogen-bond donors (Lipinski definition) is 1. The molecule has 2 aliphatic heterocycles. The molecule has 3 fully saturated rings. The highest BCUT2D eigenvalue weighted by Gasteiger charge is 2.60. The molecule has 3 atom stereocenters. The molecule has 42 heavy (non-hydrogen) atoms. The first-order valence-corrected chi connectivity index (χ1v) is 14.0. The van der Waals surface area contributed by atoms with E-state index in [9.17, 15) is 22.4 Å². The normalized spacial score (nSPS) is 23.1. The average molecular weight is 586 g/mol. The lowest BCUT2D eigenvalue weighted by Crippen LogP contribution is -2.71. The van der Waals surface area contributed by atoms with Crippen LogP contribution >= 0.6 is 0 Å². The smallest absolute Gasteiger partial charge is 0.417 e. The molecule has 3 heterocycles. The summed E-state index contributed by atoms with van der Waals surface area (Å²) in [5.41, 5.74) is 0.575. The van der Waals surface area contributed by atoms with Gasteiger partial charge in [0.2, 0.25) is 5.88 Å². The molecule has 0 bridgehead atoms. The highest BCUT2D eigenvalue weighted by atomic mass is 19.4. The second kappa shape index (κ2) is 9.65. The Kier molecular flexibility index (Phi) is 6.23. The number of alkyl halides is 3. The Hall–Kier alpha value is -3.73. The molecule has 1 spiro atoms. The van der Waals surface area contributed by atoms with E-state index < -0.39 is 35.5 Å². The van der Waals surface area contributed by atoms with E-state index in [1.807, 2.05) is 4.90 Å². The number of nitrogens with zero attached hydrogens (tertiary/aromatic N) is 2. The number of carbonyl (C=O) groups excluding carboxylic acids is 1. The third-order valence-electron chi connectivity index (χ3n) is 9.07. The summed E-state index contributed by atoms with van der Waals surface area (Å²) in [4.78, 5) is 18.4. The number of pyridine rings is 1. The SMILES string of the molecule is CCOC(=O)[C@H]1[C@@H]2Cc3cc(OCc4cc(-c5ccc(N6CC7(CNC7)C6)cc5F)c(C(F)(F)F)cc4F)ncc3[C@@H]21. The molecule has 2 saturated heterocycles. The van der Waals surface area contributed by atoms with Crippen LogP contribution in [-0.4, -0.2) is 43.7 Å². The number of anilines is 1. The number of carbonyl (C=O) groups is 1. The molecule has 2 aliphatic carbocycles. The van der Waals surface area contributed by atoms with Crippen LogP contribution in [0.1, 0.15) is 35.1 Å². The van der Waals surface area contributed by atoms with Gasteiger partial charge < -0.3 is 19.7 Å². The molecule has 1 saturated carbocycles. The minimum atomic E-state index is -4.90. The van der Waals surface area contributed by atoms with Gasteiger partial charge >= 0.3 is 12.1 Å². The van der Waals surface area contributed by atoms with Gasteiger partial charge in [-0.15, -0.1) is 0 Å². The van der Waals surface area contributed by atoms with Crippen molar-refractivity contribution in [1.29, 1.82) is 0 Å². The van der Waals surface area contributed by atoms with E-state index in [-0.39, 0.29) is 46.1 Å². The number of rotatable bonds is 7. The van der Waals surface area contributed by atoms with E-state index in [1.165, 1.54) is 12.1 Å². The van der Waals surface area contributed by atoms with Crippen molar-refractivity contribution in [3.05, 3.63) is 76.5 Å². The number of nitrogens with one attached hydrogen (secondary N) is 1. The fraction of sp³-hybridized carbons (Fsp3) is 0.419. The fourth-order valence-corrected chi connectivity index (χ4v) is 6.81. The van der Waals surface area contributed by atoms with E-state index in [1.54, 1.807) is 25.3 Å². The molecule has 4 aliphatic rings. The van der Waals surface area contributed by atoms with Gasteiger partial charge in [-0.3, -0.25) is 4.79 Å². The van der Waals surface area contributed by atoms with Crippen molar-refractivity contribution in [2.75, 3.05) is 37.7 Å². The van der Waals surface area contributed by atoms with Crippen molar-refractivity contribution in [1.82, 2.24) is 10.3 Å². The number of halogens is 5. The van der Waals surface area contributed by atoms with Gasteiger partial charge in [-0.05, 0) is 66.3 Å². The second-order valence-electron chi connectivity index (χ2n) is 11.8. The first kappa shape index (κ1) is 27.1. The molecular formula is C31H28F5N3O3. The number of esters is 1. The molecule has 3 aromatic rings. The molecule has 11 heteroatoms. The summed E-state index contributed by atoms with van der Waals surface area (Å²) in [5, 5.41) is 3.22. The first-order valence-electron chi connectivity index (χ1n) is 14.0. The zero-order valence-electron chi connectivity index (χ0n) is 22.7. The van der Waals surface area contributed by atoms with Crippen molar-refractivity contribution in [3.8, 4) is 17.0 Å². The third-order valence-corrected chi connectivity index (χ3v) is 9.07. The molecule has 0 unspecified atom stereocenters. The van der Waals surface area contributed by atoms with Crippen LogP contribution in [0, 0.1) is 28.9 Å². The van der Waals surface area contributed by atoms with Crippen LogP contribution in [0.5, 0.6) is 5.88 Å². The largest absolute Gasteiger partial charge is 0.473 e. The molecule has 2 aromatic carbocycles. The van der Waals surface area contributed by atoms with Crippen molar-refractivity contribution in [2.45, 2.75) is 32.0 Å². The van der Waals surface area contributed by atoms with Crippen molar-refractivity contribution < 1.29 is 36.2 Å². The summed E-state index contributed by atoms with van der Waals surface area (Å²) in [7, 11) is 0. The second-order valence-corrected chi connectivity index (χ2v) is 11.8. The van der Waals surface area contributed by atoms with E-state index in [2.05, 4.69) is 10.3 Å². The number of aromatic nitrogens is 1. The standard InChI is InChI=1S/C31H28F5N3O3/c1-2-41-29(40)28-21-5-16-7-26(38-10-22(16)27(21)28)42-11-17-6-20(23(9-24(17)32)31(34,35)36)19-4-3-18(8-25(19)33)39-14-30(15-39)12-37-13-30/h3-4,6-10,21,27-28,37H,2,5,11-15H2,1H3/t21-,27-,28+/m1/s1. The fourth-order valence-electron chi connectivity index (χ4n) is 6.81. The highest BCUT2D eigenvalue weighted by Crippen LogP contribution is 2.62. The summed E-state index contributed by atoms with van der Waals surface area (Å²) in [6.45, 7) is 5.01. The van der Waals surface area contributed by atoms with Crippen molar-refractivity contribution in [3.63, 3.8) is 0 Å². The topological polar surface area (TPSA) is 63.7 Å². The summed E-state index contributed by atoms with van der Waals surface area (Å²) in [6, 6.07) is 7.26. The maximum absolute atomic E-state index is 15.3. The van der Waals surface area contributed by atoms with Crippen LogP contribution in [0.15, 0.2) is 42.6 Å². The molecule has 6 nitrogen and oxygen atoms in total. The molecular weight excluding hydrogens is 557 g/mol. The van der Waals surface area contributed by atoms with Crippen LogP contribution in [-0.2, 0) is 28.7 Å². The first-order chi connectivity index (χ1) is 20.1. The minimum Gasteiger partial charge on any atom is -0.473 e. The number of fused-ring (bicyclic) bond motifs is 3. The predicted molar refractivity (Wildman–Crippen MR) is 143 cm³/mol. The van der Waals surface area contributed by atoms with Gasteiger partial charge in [0.25, 0.3) is 0 Å². The Morgan fingerprint density at radius 2 is 1.88 bits per heavy atom. The van der Waals surface area contributed by atoms with Gasteiger partial charge in [0.15, 0.2) is 0 Å². The average Bonchev–Trinajstić information content (AvgIpc) is 3.47. The minimum absolute atomic E-state index is 0.0641. The lowest BCUT2D eigenvalue weighted by molar-refractivity contribution is -0.145. The van der Waals surface area contributed by atoms with Gasteiger partial charge in [0.1, 0.15) is 18.2 Å². The maximum Gasteiger partial charge on any atom is 0.417 e. The van der Waals surface area contributed by atoms with E-state index in [0.717, 1.165) is 43.4 Å². The van der Waals surface area contributed by atoms with Gasteiger partial charge in [0, 0.05) is 66.6 Å².